The highest BCUT2D eigenvalue weighted by molar-refractivity contribution is 5.98. The van der Waals surface area contributed by atoms with Crippen LogP contribution in [0.25, 0.3) is 11.4 Å². The van der Waals surface area contributed by atoms with Gasteiger partial charge in [0.15, 0.2) is 17.3 Å². The number of rotatable bonds is 4. The lowest BCUT2D eigenvalue weighted by molar-refractivity contribution is -0.140. The van der Waals surface area contributed by atoms with Crippen molar-refractivity contribution in [3.8, 4) is 11.4 Å². The molecule has 11 heteroatoms. The molecule has 0 bridgehead atoms. The molecular formula is C26H34F3N5O3. The fourth-order valence-electron chi connectivity index (χ4n) is 4.81. The molecule has 2 aliphatic heterocycles. The van der Waals surface area contributed by atoms with Crippen molar-refractivity contribution < 1.29 is 27.5 Å². The van der Waals surface area contributed by atoms with Crippen LogP contribution in [0.5, 0.6) is 0 Å². The van der Waals surface area contributed by atoms with E-state index in [-0.39, 0.29) is 29.7 Å². The minimum absolute atomic E-state index is 0.0202. The number of hydrogen-bond acceptors (Lipinski definition) is 5. The second-order valence-corrected chi connectivity index (χ2v) is 11.5. The molecule has 1 aromatic carbocycles. The third kappa shape index (κ3) is 5.24. The minimum Gasteiger partial charge on any atom is -0.359 e. The van der Waals surface area contributed by atoms with Gasteiger partial charge in [-0.3, -0.25) is 9.59 Å². The topological polar surface area (TPSA) is 79.7 Å². The molecule has 0 aliphatic carbocycles. The highest BCUT2D eigenvalue weighted by Crippen LogP contribution is 2.31. The van der Waals surface area contributed by atoms with Gasteiger partial charge in [0.05, 0.1) is 23.4 Å². The number of carbonyl (C=O) groups excluding carboxylic acids is 2. The molecular weight excluding hydrogens is 487 g/mol. The number of imidazole rings is 1. The van der Waals surface area contributed by atoms with Crippen molar-refractivity contribution in [2.75, 3.05) is 26.9 Å². The van der Waals surface area contributed by atoms with Crippen LogP contribution in [0.2, 0.25) is 0 Å². The molecule has 1 unspecified atom stereocenters. The number of nitrogens with zero attached hydrogens (tertiary/aromatic N) is 4. The van der Waals surface area contributed by atoms with Gasteiger partial charge in [0.2, 0.25) is 5.91 Å². The Balaban J connectivity index is 1.76. The zero-order valence-electron chi connectivity index (χ0n) is 22.1. The molecule has 0 saturated carbocycles. The van der Waals surface area contributed by atoms with E-state index in [1.165, 1.54) is 0 Å². The van der Waals surface area contributed by atoms with Crippen LogP contribution in [0, 0.1) is 22.9 Å². The van der Waals surface area contributed by atoms with E-state index in [0.29, 0.717) is 37.9 Å². The zero-order valence-corrected chi connectivity index (χ0v) is 22.1. The quantitative estimate of drug-likeness (QED) is 0.623. The van der Waals surface area contributed by atoms with Crippen molar-refractivity contribution in [1.29, 1.82) is 0 Å². The number of amides is 2. The summed E-state index contributed by atoms with van der Waals surface area (Å²) in [5.41, 5.74) is -0.873. The Hall–Kier alpha value is -2.92. The first-order chi connectivity index (χ1) is 17.2. The smallest absolute Gasteiger partial charge is 0.272 e. The maximum absolute atomic E-state index is 14.8. The van der Waals surface area contributed by atoms with Crippen LogP contribution < -0.4 is 5.32 Å². The summed E-state index contributed by atoms with van der Waals surface area (Å²) in [6.45, 7) is 11.3. The van der Waals surface area contributed by atoms with E-state index < -0.39 is 40.4 Å². The lowest BCUT2D eigenvalue weighted by Gasteiger charge is -2.37. The average molecular weight is 522 g/mol. The van der Waals surface area contributed by atoms with Crippen LogP contribution in [0.1, 0.15) is 57.2 Å². The molecule has 4 rings (SSSR count). The van der Waals surface area contributed by atoms with Crippen LogP contribution in [0.3, 0.4) is 0 Å². The number of hydrogen-bond donors (Lipinski definition) is 1. The summed E-state index contributed by atoms with van der Waals surface area (Å²) < 4.78 is 49.6. The fourth-order valence-corrected chi connectivity index (χ4v) is 4.81. The third-order valence-corrected chi connectivity index (χ3v) is 6.94. The van der Waals surface area contributed by atoms with E-state index in [0.717, 1.165) is 12.6 Å². The van der Waals surface area contributed by atoms with Crippen LogP contribution in [-0.4, -0.2) is 69.7 Å². The molecule has 3 heterocycles. The molecule has 2 aliphatic rings. The van der Waals surface area contributed by atoms with Gasteiger partial charge in [-0.25, -0.2) is 18.2 Å². The maximum atomic E-state index is 14.8. The highest BCUT2D eigenvalue weighted by Gasteiger charge is 2.44. The van der Waals surface area contributed by atoms with Crippen molar-refractivity contribution >= 4 is 11.8 Å². The fraction of sp³-hybridized carbons (Fsp3) is 0.577. The van der Waals surface area contributed by atoms with Crippen LogP contribution in [0.4, 0.5) is 13.2 Å². The monoisotopic (exact) mass is 521 g/mol. The van der Waals surface area contributed by atoms with Gasteiger partial charge in [-0.2, -0.15) is 0 Å². The standard InChI is InChI=1S/C26H34F3N5O3/c1-25(2,3)21(24(36)34-14-37-13-26(34,4)5)31-23(35)20-19-12-32(6)8-7-9-33(19)22(30-20)15-10-17(28)18(29)11-16(15)27/h10-11,21H,7-9,12-14H2,1-6H3,(H,31,35). The molecule has 202 valence electrons. The first-order valence-electron chi connectivity index (χ1n) is 12.3. The van der Waals surface area contributed by atoms with Gasteiger partial charge in [-0.05, 0) is 45.3 Å². The average Bonchev–Trinajstić information content (AvgIpc) is 3.25. The van der Waals surface area contributed by atoms with E-state index in [2.05, 4.69) is 10.3 Å². The molecule has 2 aromatic rings. The molecule has 1 fully saturated rings. The van der Waals surface area contributed by atoms with Crippen molar-refractivity contribution in [2.24, 2.45) is 5.41 Å². The summed E-state index contributed by atoms with van der Waals surface area (Å²) in [5, 5.41) is 2.87. The Morgan fingerprint density at radius 1 is 1.11 bits per heavy atom. The van der Waals surface area contributed by atoms with Crippen molar-refractivity contribution in [3.05, 3.63) is 41.0 Å². The number of nitrogens with one attached hydrogen (secondary N) is 1. The summed E-state index contributed by atoms with van der Waals surface area (Å²) in [6.07, 6.45) is 0.687. The van der Waals surface area contributed by atoms with Crippen molar-refractivity contribution in [1.82, 2.24) is 24.7 Å². The van der Waals surface area contributed by atoms with Crippen molar-refractivity contribution in [2.45, 2.75) is 65.7 Å². The van der Waals surface area contributed by atoms with Gasteiger partial charge in [0.1, 0.15) is 24.4 Å². The Bertz CT molecular complexity index is 1220. The van der Waals surface area contributed by atoms with Crippen LogP contribution >= 0.6 is 0 Å². The second-order valence-electron chi connectivity index (χ2n) is 11.5. The molecule has 8 nitrogen and oxygen atoms in total. The Kier molecular flexibility index (Phi) is 7.15. The first kappa shape index (κ1) is 27.1. The Labute approximate surface area is 214 Å². The largest absolute Gasteiger partial charge is 0.359 e. The molecule has 2 amide bonds. The number of benzene rings is 1. The summed E-state index contributed by atoms with van der Waals surface area (Å²) in [6, 6.07) is 0.335. The molecule has 1 aromatic heterocycles. The summed E-state index contributed by atoms with van der Waals surface area (Å²) in [5.74, 6) is -4.33. The molecule has 0 radical (unpaired) electrons. The molecule has 0 spiro atoms. The highest BCUT2D eigenvalue weighted by atomic mass is 19.2. The van der Waals surface area contributed by atoms with Gasteiger partial charge < -0.3 is 24.4 Å². The first-order valence-corrected chi connectivity index (χ1v) is 12.3. The molecule has 37 heavy (non-hydrogen) atoms. The van der Waals surface area contributed by atoms with E-state index in [1.807, 2.05) is 46.6 Å². The van der Waals surface area contributed by atoms with Gasteiger partial charge in [-0.1, -0.05) is 20.8 Å². The summed E-state index contributed by atoms with van der Waals surface area (Å²) in [7, 11) is 1.89. The summed E-state index contributed by atoms with van der Waals surface area (Å²) >= 11 is 0. The number of fused-ring (bicyclic) bond motifs is 1. The summed E-state index contributed by atoms with van der Waals surface area (Å²) in [4.78, 5) is 35.3. The number of halogens is 3. The number of ether oxygens (including phenoxy) is 1. The van der Waals surface area contributed by atoms with E-state index in [1.54, 1.807) is 9.47 Å². The predicted octanol–water partition coefficient (Wildman–Crippen LogP) is 3.54. The SMILES string of the molecule is CN1CCCn2c(-c3cc(F)c(F)cc3F)nc(C(=O)NC(C(=O)N3COCC3(C)C)C(C)(C)C)c2C1. The third-order valence-electron chi connectivity index (χ3n) is 6.94. The van der Waals surface area contributed by atoms with E-state index in [4.69, 9.17) is 4.74 Å². The van der Waals surface area contributed by atoms with E-state index >= 15 is 0 Å². The van der Waals surface area contributed by atoms with Crippen LogP contribution in [0.15, 0.2) is 12.1 Å². The lowest BCUT2D eigenvalue weighted by Crippen LogP contribution is -2.58. The van der Waals surface area contributed by atoms with E-state index in [9.17, 15) is 22.8 Å². The van der Waals surface area contributed by atoms with Gasteiger partial charge in [-0.15, -0.1) is 0 Å². The zero-order chi connectivity index (χ0) is 27.3. The molecule has 1 atom stereocenters. The van der Waals surface area contributed by atoms with Gasteiger partial charge in [0.25, 0.3) is 5.91 Å². The number of carbonyl (C=O) groups is 2. The lowest BCUT2D eigenvalue weighted by atomic mass is 9.85. The number of aromatic nitrogens is 2. The molecule has 1 N–H and O–H groups in total. The minimum atomic E-state index is -1.30. The maximum Gasteiger partial charge on any atom is 0.272 e. The normalized spacial score (nSPS) is 18.9. The van der Waals surface area contributed by atoms with Gasteiger partial charge >= 0.3 is 0 Å². The molecule has 1 saturated heterocycles. The second kappa shape index (κ2) is 9.75. The Morgan fingerprint density at radius 2 is 1.78 bits per heavy atom. The predicted molar refractivity (Wildman–Crippen MR) is 131 cm³/mol. The Morgan fingerprint density at radius 3 is 2.41 bits per heavy atom. The van der Waals surface area contributed by atoms with Gasteiger partial charge in [0, 0.05) is 19.2 Å². The van der Waals surface area contributed by atoms with Crippen LogP contribution in [-0.2, 0) is 22.6 Å². The van der Waals surface area contributed by atoms with Crippen molar-refractivity contribution in [3.63, 3.8) is 0 Å².